The molecule has 2 N–H and O–H groups in total. The fraction of sp³-hybridized carbons (Fsp3) is 0.571. The second-order valence-electron chi connectivity index (χ2n) is 10.3. The van der Waals surface area contributed by atoms with E-state index in [4.69, 9.17) is 4.74 Å². The fourth-order valence-corrected chi connectivity index (χ4v) is 5.18. The lowest BCUT2D eigenvalue weighted by molar-refractivity contribution is -0.160. The molecule has 1 aliphatic carbocycles. The Morgan fingerprint density at radius 1 is 1.15 bits per heavy atom. The van der Waals surface area contributed by atoms with Crippen LogP contribution < -0.4 is 10.6 Å². The molecule has 1 aromatic carbocycles. The van der Waals surface area contributed by atoms with E-state index in [1.165, 1.54) is 30.1 Å². The topological polar surface area (TPSA) is 106 Å². The van der Waals surface area contributed by atoms with E-state index in [0.717, 1.165) is 51.6 Å². The highest BCUT2D eigenvalue weighted by Gasteiger charge is 2.35. The largest absolute Gasteiger partial charge is 0.406 e. The van der Waals surface area contributed by atoms with Crippen molar-refractivity contribution in [2.45, 2.75) is 70.1 Å². The molecule has 1 aromatic heterocycles. The van der Waals surface area contributed by atoms with Crippen molar-refractivity contribution < 1.29 is 36.7 Å². The summed E-state index contributed by atoms with van der Waals surface area (Å²) in [6, 6.07) is 4.24. The summed E-state index contributed by atoms with van der Waals surface area (Å²) in [6.07, 6.45) is 2.20. The molecule has 1 aliphatic rings. The molecule has 226 valence electrons. The van der Waals surface area contributed by atoms with Crippen LogP contribution in [0.1, 0.15) is 67.4 Å². The number of hydrogen-bond acceptors (Lipinski definition) is 5. The lowest BCUT2D eigenvalue weighted by Crippen LogP contribution is -2.49. The van der Waals surface area contributed by atoms with E-state index in [1.807, 2.05) is 6.92 Å². The number of carbonyl (C=O) groups is 3. The van der Waals surface area contributed by atoms with Crippen LogP contribution in [0.2, 0.25) is 0 Å². The number of nitrogens with one attached hydrogen (secondary N) is 2. The predicted octanol–water partition coefficient (Wildman–Crippen LogP) is 4.50. The summed E-state index contributed by atoms with van der Waals surface area (Å²) in [5.41, 5.74) is 0.221. The van der Waals surface area contributed by atoms with Crippen LogP contribution in [-0.2, 0) is 20.9 Å². The van der Waals surface area contributed by atoms with Crippen LogP contribution >= 0.6 is 0 Å². The van der Waals surface area contributed by atoms with E-state index < -0.39 is 48.2 Å². The molecule has 0 bridgehead atoms. The zero-order chi connectivity index (χ0) is 30.2. The Kier molecular flexibility index (Phi) is 11.3. The van der Waals surface area contributed by atoms with Crippen LogP contribution in [0, 0.1) is 11.7 Å². The van der Waals surface area contributed by atoms with E-state index in [2.05, 4.69) is 15.7 Å². The fourth-order valence-electron chi connectivity index (χ4n) is 5.18. The number of anilines is 1. The third-order valence-electron chi connectivity index (χ3n) is 7.27. The Labute approximate surface area is 236 Å². The summed E-state index contributed by atoms with van der Waals surface area (Å²) in [6.45, 7) is 0.573. The number of likely N-dealkylation sites (N-methyl/N-ethyl adjacent to an activating group) is 1. The second kappa shape index (κ2) is 14.4. The van der Waals surface area contributed by atoms with Gasteiger partial charge in [-0.25, -0.2) is 4.39 Å². The maximum absolute atomic E-state index is 15.2. The lowest BCUT2D eigenvalue weighted by Gasteiger charge is -2.27. The van der Waals surface area contributed by atoms with Gasteiger partial charge in [-0.05, 0) is 49.4 Å². The minimum Gasteiger partial charge on any atom is -0.384 e. The van der Waals surface area contributed by atoms with Crippen LogP contribution in [0.4, 0.5) is 23.2 Å². The van der Waals surface area contributed by atoms with Crippen molar-refractivity contribution in [3.63, 3.8) is 0 Å². The van der Waals surface area contributed by atoms with Crippen LogP contribution in [0.25, 0.3) is 0 Å². The number of alkyl halides is 3. The van der Waals surface area contributed by atoms with Gasteiger partial charge in [0.25, 0.3) is 5.91 Å². The first-order chi connectivity index (χ1) is 19.4. The predicted molar refractivity (Wildman–Crippen MR) is 144 cm³/mol. The molecule has 1 saturated carbocycles. The molecular weight excluding hydrogens is 546 g/mol. The number of hydrogen-bond donors (Lipinski definition) is 2. The molecule has 0 saturated heterocycles. The zero-order valence-corrected chi connectivity index (χ0v) is 23.5. The van der Waals surface area contributed by atoms with Crippen molar-refractivity contribution >= 4 is 23.4 Å². The molecule has 41 heavy (non-hydrogen) atoms. The van der Waals surface area contributed by atoms with E-state index in [0.29, 0.717) is 17.1 Å². The van der Waals surface area contributed by atoms with Crippen LogP contribution in [0.3, 0.4) is 0 Å². The van der Waals surface area contributed by atoms with Crippen molar-refractivity contribution in [3.8, 4) is 0 Å². The van der Waals surface area contributed by atoms with Gasteiger partial charge in [0.1, 0.15) is 24.1 Å². The highest BCUT2D eigenvalue weighted by atomic mass is 19.4. The summed E-state index contributed by atoms with van der Waals surface area (Å²) >= 11 is 0. The van der Waals surface area contributed by atoms with E-state index >= 15 is 4.39 Å². The molecule has 0 aliphatic heterocycles. The number of nitrogens with zero attached hydrogens (tertiary/aromatic N) is 3. The van der Waals surface area contributed by atoms with Crippen LogP contribution in [0.5, 0.6) is 0 Å². The average Bonchev–Trinajstić information content (AvgIpc) is 3.24. The number of carbonyl (C=O) groups excluding carboxylic acids is 3. The summed E-state index contributed by atoms with van der Waals surface area (Å²) < 4.78 is 60.2. The van der Waals surface area contributed by atoms with Crippen molar-refractivity contribution in [2.24, 2.45) is 5.92 Å². The quantitative estimate of drug-likeness (QED) is 0.300. The maximum atomic E-state index is 15.2. The molecule has 2 aromatic rings. The number of aromatic nitrogens is 2. The zero-order valence-electron chi connectivity index (χ0n) is 23.5. The lowest BCUT2D eigenvalue weighted by atomic mass is 9.90. The van der Waals surface area contributed by atoms with Gasteiger partial charge in [0.2, 0.25) is 11.8 Å². The highest BCUT2D eigenvalue weighted by Crippen LogP contribution is 2.29. The Balaban J connectivity index is 1.82. The van der Waals surface area contributed by atoms with Gasteiger partial charge in [-0.15, -0.1) is 0 Å². The second-order valence-corrected chi connectivity index (χ2v) is 10.3. The minimum atomic E-state index is -4.60. The number of halogens is 4. The SMILES string of the molecule is CCn1nccc1C(=O)NC(C(=O)Nc1ccc(C(COC)C(=O)N(C)CC(F)(F)F)cc1F)C1CCCCCC1. The summed E-state index contributed by atoms with van der Waals surface area (Å²) in [5.74, 6) is -4.16. The van der Waals surface area contributed by atoms with Gasteiger partial charge in [0.05, 0.1) is 18.2 Å². The van der Waals surface area contributed by atoms with Crippen molar-refractivity contribution in [1.82, 2.24) is 20.0 Å². The highest BCUT2D eigenvalue weighted by molar-refractivity contribution is 6.00. The third-order valence-corrected chi connectivity index (χ3v) is 7.27. The number of benzene rings is 1. The third kappa shape index (κ3) is 8.75. The Morgan fingerprint density at radius 3 is 2.41 bits per heavy atom. The van der Waals surface area contributed by atoms with E-state index in [9.17, 15) is 27.6 Å². The Morgan fingerprint density at radius 2 is 1.83 bits per heavy atom. The monoisotopic (exact) mass is 583 g/mol. The first-order valence-electron chi connectivity index (χ1n) is 13.7. The average molecular weight is 584 g/mol. The smallest absolute Gasteiger partial charge is 0.384 e. The molecular formula is C28H37F4N5O4. The standard InChI is InChI=1S/C28H37F4N5O4/c1-4-37-23(13-14-33-37)25(38)35-24(18-9-7-5-6-8-10-18)26(39)34-22-12-11-19(15-21(22)29)20(16-41-3)27(40)36(2)17-28(30,31)32/h11-15,18,20,24H,4-10,16-17H2,1-3H3,(H,34,39)(H,35,38). The van der Waals surface area contributed by atoms with Gasteiger partial charge in [-0.3, -0.25) is 19.1 Å². The number of ether oxygens (including phenoxy) is 1. The van der Waals surface area contributed by atoms with Crippen molar-refractivity contribution in [3.05, 3.63) is 47.5 Å². The van der Waals surface area contributed by atoms with E-state index in [-0.39, 0.29) is 23.8 Å². The Bertz CT molecular complexity index is 1190. The molecule has 3 amide bonds. The number of amides is 3. The molecule has 13 heteroatoms. The first kappa shape index (κ1) is 32.0. The number of methoxy groups -OCH3 is 1. The first-order valence-corrected chi connectivity index (χ1v) is 13.7. The maximum Gasteiger partial charge on any atom is 0.406 e. The normalized spacial score (nSPS) is 16.0. The van der Waals surface area contributed by atoms with Gasteiger partial charge < -0.3 is 20.3 Å². The van der Waals surface area contributed by atoms with E-state index in [1.54, 1.807) is 6.07 Å². The molecule has 3 rings (SSSR count). The molecule has 0 spiro atoms. The molecule has 9 nitrogen and oxygen atoms in total. The molecule has 0 radical (unpaired) electrons. The van der Waals surface area contributed by atoms with Crippen molar-refractivity contribution in [2.75, 3.05) is 32.6 Å². The van der Waals surface area contributed by atoms with Gasteiger partial charge in [0.15, 0.2) is 0 Å². The molecule has 2 atom stereocenters. The van der Waals surface area contributed by atoms with Crippen LogP contribution in [-0.4, -0.2) is 71.9 Å². The molecule has 1 fully saturated rings. The van der Waals surface area contributed by atoms with Gasteiger partial charge in [-0.2, -0.15) is 18.3 Å². The summed E-state index contributed by atoms with van der Waals surface area (Å²) in [7, 11) is 2.29. The van der Waals surface area contributed by atoms with Gasteiger partial charge in [-0.1, -0.05) is 31.7 Å². The number of rotatable bonds is 11. The van der Waals surface area contributed by atoms with Gasteiger partial charge in [0, 0.05) is 26.9 Å². The minimum absolute atomic E-state index is 0.0998. The molecule has 1 heterocycles. The van der Waals surface area contributed by atoms with Crippen LogP contribution in [0.15, 0.2) is 30.5 Å². The van der Waals surface area contributed by atoms with Crippen molar-refractivity contribution in [1.29, 1.82) is 0 Å². The molecule has 2 unspecified atom stereocenters. The summed E-state index contributed by atoms with van der Waals surface area (Å²) in [4.78, 5) is 39.8. The Hall–Kier alpha value is -3.48. The number of aryl methyl sites for hydroxylation is 1. The summed E-state index contributed by atoms with van der Waals surface area (Å²) in [5, 5.41) is 9.50. The van der Waals surface area contributed by atoms with Gasteiger partial charge >= 0.3 is 6.18 Å².